The van der Waals surface area contributed by atoms with E-state index in [4.69, 9.17) is 5.73 Å². The van der Waals surface area contributed by atoms with Gasteiger partial charge in [0.25, 0.3) is 0 Å². The predicted octanol–water partition coefficient (Wildman–Crippen LogP) is -0.177. The Kier molecular flexibility index (Phi) is 2.71. The molecule has 0 radical (unpaired) electrons. The summed E-state index contributed by atoms with van der Waals surface area (Å²) in [4.78, 5) is 11.0. The van der Waals surface area contributed by atoms with Gasteiger partial charge in [-0.15, -0.1) is 0 Å². The molecule has 0 amide bonds. The molecule has 1 fully saturated rings. The summed E-state index contributed by atoms with van der Waals surface area (Å²) in [5.74, 6) is 0.104. The van der Waals surface area contributed by atoms with Crippen molar-refractivity contribution in [1.82, 2.24) is 4.31 Å². The fraction of sp³-hybridized carbons (Fsp3) is 0.833. The van der Waals surface area contributed by atoms with Gasteiger partial charge in [-0.25, -0.2) is 4.31 Å². The average molecular weight is 160 g/mol. The summed E-state index contributed by atoms with van der Waals surface area (Å²) >= 11 is 4.14. The molecule has 58 valence electrons. The van der Waals surface area contributed by atoms with Crippen molar-refractivity contribution in [3.05, 3.63) is 0 Å². The molecule has 0 saturated carbocycles. The van der Waals surface area contributed by atoms with Crippen molar-refractivity contribution < 1.29 is 4.79 Å². The molecule has 1 saturated heterocycles. The molecule has 3 nitrogen and oxygen atoms in total. The Balaban J connectivity index is 2.46. The smallest absolute Gasteiger partial charge is 0.164 e. The van der Waals surface area contributed by atoms with Gasteiger partial charge in [0.2, 0.25) is 0 Å². The van der Waals surface area contributed by atoms with Crippen molar-refractivity contribution in [3.8, 4) is 0 Å². The number of rotatable bonds is 2. The van der Waals surface area contributed by atoms with E-state index < -0.39 is 0 Å². The Hall–Kier alpha value is -0.0600. The molecule has 0 spiro atoms. The third-order valence-corrected chi connectivity index (χ3v) is 2.28. The van der Waals surface area contributed by atoms with Crippen LogP contribution in [0.3, 0.4) is 0 Å². The highest BCUT2D eigenvalue weighted by atomic mass is 32.1. The third kappa shape index (κ3) is 1.51. The topological polar surface area (TPSA) is 46.3 Å². The fourth-order valence-electron chi connectivity index (χ4n) is 1.21. The second-order valence-corrected chi connectivity index (χ2v) is 3.01. The number of ketones is 1. The van der Waals surface area contributed by atoms with Gasteiger partial charge in [-0.2, -0.15) is 0 Å². The number of nitrogens with two attached hydrogens (primary N) is 1. The van der Waals surface area contributed by atoms with E-state index in [2.05, 4.69) is 12.8 Å². The van der Waals surface area contributed by atoms with Gasteiger partial charge >= 0.3 is 0 Å². The molecule has 1 atom stereocenters. The highest BCUT2D eigenvalue weighted by Crippen LogP contribution is 2.18. The van der Waals surface area contributed by atoms with Crippen LogP contribution in [0.4, 0.5) is 0 Å². The van der Waals surface area contributed by atoms with Crippen LogP contribution in [0.25, 0.3) is 0 Å². The summed E-state index contributed by atoms with van der Waals surface area (Å²) in [6.07, 6.45) is 1.97. The lowest BCUT2D eigenvalue weighted by atomic mass is 10.1. The Morgan fingerprint density at radius 3 is 2.90 bits per heavy atom. The first-order valence-electron chi connectivity index (χ1n) is 3.44. The monoisotopic (exact) mass is 160 g/mol. The molecular weight excluding hydrogens is 148 g/mol. The number of hydrogen-bond donors (Lipinski definition) is 2. The number of carbonyl (C=O) groups excluding carboxylic acids is 1. The quantitative estimate of drug-likeness (QED) is 0.551. The number of hydrogen-bond acceptors (Lipinski definition) is 4. The van der Waals surface area contributed by atoms with E-state index in [1.807, 2.05) is 0 Å². The van der Waals surface area contributed by atoms with Crippen molar-refractivity contribution in [3.63, 3.8) is 0 Å². The van der Waals surface area contributed by atoms with E-state index in [-0.39, 0.29) is 18.4 Å². The van der Waals surface area contributed by atoms with Crippen molar-refractivity contribution in [2.75, 3.05) is 13.1 Å². The molecule has 0 aromatic heterocycles. The first-order chi connectivity index (χ1) is 4.75. The number of carbonyl (C=O) groups is 1. The zero-order chi connectivity index (χ0) is 7.56. The fourth-order valence-corrected chi connectivity index (χ4v) is 1.60. The van der Waals surface area contributed by atoms with Gasteiger partial charge in [-0.1, -0.05) is 12.8 Å². The SMILES string of the molecule is NCC(=O)[C@@H]1CCCN1S. The van der Waals surface area contributed by atoms with Crippen LogP contribution in [-0.4, -0.2) is 29.2 Å². The number of Topliss-reactive ketones (excluding diaryl/α,β-unsaturated/α-hetero) is 1. The first kappa shape index (κ1) is 8.04. The largest absolute Gasteiger partial charge is 0.324 e. The van der Waals surface area contributed by atoms with E-state index in [0.717, 1.165) is 19.4 Å². The minimum atomic E-state index is -0.0201. The Bertz CT molecular complexity index is 140. The molecule has 1 heterocycles. The number of nitrogens with zero attached hydrogens (tertiary/aromatic N) is 1. The van der Waals surface area contributed by atoms with Crippen LogP contribution in [0, 0.1) is 0 Å². The summed E-state index contributed by atoms with van der Waals surface area (Å²) in [6, 6.07) is -0.0201. The molecular formula is C6H12N2OS. The lowest BCUT2D eigenvalue weighted by Crippen LogP contribution is -2.34. The van der Waals surface area contributed by atoms with Crippen LogP contribution in [0.15, 0.2) is 0 Å². The molecule has 10 heavy (non-hydrogen) atoms. The summed E-state index contributed by atoms with van der Waals surface area (Å²) in [6.45, 7) is 1.04. The van der Waals surface area contributed by atoms with Crippen LogP contribution in [-0.2, 0) is 4.79 Å². The maximum absolute atomic E-state index is 11.0. The highest BCUT2D eigenvalue weighted by Gasteiger charge is 2.26. The van der Waals surface area contributed by atoms with Gasteiger partial charge in [-0.3, -0.25) is 4.79 Å². The van der Waals surface area contributed by atoms with Gasteiger partial charge in [0.05, 0.1) is 12.6 Å². The molecule has 0 bridgehead atoms. The molecule has 1 aliphatic heterocycles. The van der Waals surface area contributed by atoms with Gasteiger partial charge in [-0.05, 0) is 12.8 Å². The third-order valence-electron chi connectivity index (χ3n) is 1.80. The van der Waals surface area contributed by atoms with Gasteiger partial charge in [0, 0.05) is 6.54 Å². The summed E-state index contributed by atoms with van der Waals surface area (Å²) in [5, 5.41) is 0. The Morgan fingerprint density at radius 1 is 1.80 bits per heavy atom. The second kappa shape index (κ2) is 3.37. The first-order valence-corrected chi connectivity index (χ1v) is 3.84. The molecule has 1 aliphatic rings. The normalized spacial score (nSPS) is 27.2. The van der Waals surface area contributed by atoms with Crippen molar-refractivity contribution >= 4 is 18.6 Å². The minimum absolute atomic E-state index is 0.0201. The average Bonchev–Trinajstić information content (AvgIpc) is 2.34. The van der Waals surface area contributed by atoms with Crippen molar-refractivity contribution in [1.29, 1.82) is 0 Å². The van der Waals surface area contributed by atoms with E-state index in [9.17, 15) is 4.79 Å². The second-order valence-electron chi connectivity index (χ2n) is 2.49. The van der Waals surface area contributed by atoms with E-state index in [1.165, 1.54) is 0 Å². The highest BCUT2D eigenvalue weighted by molar-refractivity contribution is 7.77. The molecule has 0 unspecified atom stereocenters. The van der Waals surface area contributed by atoms with E-state index in [1.54, 1.807) is 4.31 Å². The zero-order valence-electron chi connectivity index (χ0n) is 5.79. The molecule has 2 N–H and O–H groups in total. The lowest BCUT2D eigenvalue weighted by Gasteiger charge is -2.14. The molecule has 4 heteroatoms. The summed E-state index contributed by atoms with van der Waals surface area (Å²) < 4.78 is 1.77. The predicted molar refractivity (Wildman–Crippen MR) is 42.8 cm³/mol. The minimum Gasteiger partial charge on any atom is -0.324 e. The van der Waals surface area contributed by atoms with Gasteiger partial charge in [0.1, 0.15) is 0 Å². The van der Waals surface area contributed by atoms with Crippen LogP contribution < -0.4 is 5.73 Å². The zero-order valence-corrected chi connectivity index (χ0v) is 6.68. The van der Waals surface area contributed by atoms with Crippen LogP contribution in [0.5, 0.6) is 0 Å². The van der Waals surface area contributed by atoms with Crippen LogP contribution in [0.1, 0.15) is 12.8 Å². The van der Waals surface area contributed by atoms with Gasteiger partial charge in [0.15, 0.2) is 5.78 Å². The number of thiol groups is 1. The molecule has 1 rings (SSSR count). The Morgan fingerprint density at radius 2 is 2.50 bits per heavy atom. The Labute approximate surface area is 66.1 Å². The van der Waals surface area contributed by atoms with Gasteiger partial charge < -0.3 is 5.73 Å². The molecule has 0 aliphatic carbocycles. The standard InChI is InChI=1S/C6H12N2OS/c7-4-6(9)5-2-1-3-8(5)10/h5,10H,1-4,7H2/t5-/m0/s1. The molecule has 0 aromatic rings. The summed E-state index contributed by atoms with van der Waals surface area (Å²) in [5.41, 5.74) is 5.20. The van der Waals surface area contributed by atoms with E-state index >= 15 is 0 Å². The maximum atomic E-state index is 11.0. The van der Waals surface area contributed by atoms with Crippen LogP contribution in [0.2, 0.25) is 0 Å². The lowest BCUT2D eigenvalue weighted by molar-refractivity contribution is -0.120. The van der Waals surface area contributed by atoms with E-state index in [0.29, 0.717) is 0 Å². The maximum Gasteiger partial charge on any atom is 0.164 e. The molecule has 0 aromatic carbocycles. The van der Waals surface area contributed by atoms with Crippen molar-refractivity contribution in [2.45, 2.75) is 18.9 Å². The van der Waals surface area contributed by atoms with Crippen molar-refractivity contribution in [2.24, 2.45) is 5.73 Å². The van der Waals surface area contributed by atoms with Crippen LogP contribution >= 0.6 is 12.8 Å². The summed E-state index contributed by atoms with van der Waals surface area (Å²) in [7, 11) is 0.